The first-order valence-corrected chi connectivity index (χ1v) is 14.1. The van der Waals surface area contributed by atoms with E-state index in [4.69, 9.17) is 9.47 Å². The summed E-state index contributed by atoms with van der Waals surface area (Å²) in [5.41, 5.74) is 1.01. The van der Waals surface area contributed by atoms with Gasteiger partial charge in [-0.15, -0.1) is 0 Å². The molecule has 13 heteroatoms. The Labute approximate surface area is 247 Å². The fourth-order valence-corrected chi connectivity index (χ4v) is 5.53. The van der Waals surface area contributed by atoms with Gasteiger partial charge in [-0.3, -0.25) is 9.78 Å². The zero-order valence-electron chi connectivity index (χ0n) is 23.7. The highest BCUT2D eigenvalue weighted by atomic mass is 19.4. The number of aromatic amines is 1. The Bertz CT molecular complexity index is 1980. The van der Waals surface area contributed by atoms with Crippen LogP contribution in [-0.2, 0) is 12.6 Å². The second-order valence-corrected chi connectivity index (χ2v) is 11.1. The number of pyridine rings is 2. The van der Waals surface area contributed by atoms with Crippen LogP contribution in [0, 0.1) is 5.82 Å². The summed E-state index contributed by atoms with van der Waals surface area (Å²) >= 11 is 0. The number of imidazole rings is 1. The van der Waals surface area contributed by atoms with E-state index in [1.165, 1.54) is 26.7 Å². The molecule has 226 valence electrons. The van der Waals surface area contributed by atoms with Crippen LogP contribution < -0.4 is 15.0 Å². The molecule has 0 saturated heterocycles. The van der Waals surface area contributed by atoms with Crippen LogP contribution in [0.1, 0.15) is 60.2 Å². The Morgan fingerprint density at radius 2 is 1.84 bits per heavy atom. The Balaban J connectivity index is 1.23. The smallest absolute Gasteiger partial charge is 0.434 e. The first-order chi connectivity index (χ1) is 21.2. The Morgan fingerprint density at radius 1 is 1.05 bits per heavy atom. The van der Waals surface area contributed by atoms with E-state index in [1.807, 2.05) is 0 Å². The van der Waals surface area contributed by atoms with Crippen molar-refractivity contribution in [2.75, 3.05) is 14.2 Å². The van der Waals surface area contributed by atoms with Crippen molar-refractivity contribution < 1.29 is 27.0 Å². The Morgan fingerprint density at radius 3 is 2.52 bits per heavy atom. The SMILES string of the molecule is COc1cc(Cc2cc3cnc(-c4c(OC)ncnc4C4CC4)c(F)c3[nH]c2=O)ccc1-c1nc(C(F)(F)F)cn1C1CC1. The molecule has 0 amide bonds. The molecule has 0 unspecified atom stereocenters. The first-order valence-electron chi connectivity index (χ1n) is 14.1. The number of ether oxygens (including phenoxy) is 2. The molecule has 0 aliphatic heterocycles. The lowest BCUT2D eigenvalue weighted by atomic mass is 10.0. The third-order valence-electron chi connectivity index (χ3n) is 8.01. The van der Waals surface area contributed by atoms with Gasteiger partial charge in [0.1, 0.15) is 23.6 Å². The molecular formula is C31H26F4N6O3. The number of aromatic nitrogens is 6. The van der Waals surface area contributed by atoms with Crippen molar-refractivity contribution in [3.8, 4) is 34.3 Å². The fraction of sp³-hybridized carbons (Fsp3) is 0.323. The predicted octanol–water partition coefficient (Wildman–Crippen LogP) is 6.22. The van der Waals surface area contributed by atoms with Gasteiger partial charge in [0.05, 0.1) is 36.6 Å². The van der Waals surface area contributed by atoms with Gasteiger partial charge in [-0.05, 0) is 49.4 Å². The summed E-state index contributed by atoms with van der Waals surface area (Å²) in [6.45, 7) is 0. The lowest BCUT2D eigenvalue weighted by molar-refractivity contribution is -0.140. The van der Waals surface area contributed by atoms with Crippen LogP contribution in [-0.4, -0.2) is 43.7 Å². The minimum absolute atomic E-state index is 0.00110. The van der Waals surface area contributed by atoms with Gasteiger partial charge in [0, 0.05) is 41.7 Å². The molecule has 2 aliphatic rings. The number of rotatable bonds is 8. The lowest BCUT2D eigenvalue weighted by Gasteiger charge is -2.14. The van der Waals surface area contributed by atoms with Crippen molar-refractivity contribution in [1.29, 1.82) is 0 Å². The van der Waals surface area contributed by atoms with E-state index in [1.54, 1.807) is 28.8 Å². The largest absolute Gasteiger partial charge is 0.496 e. The molecule has 7 rings (SSSR count). The second-order valence-electron chi connectivity index (χ2n) is 11.1. The molecule has 5 aromatic rings. The maximum absolute atomic E-state index is 15.9. The maximum Gasteiger partial charge on any atom is 0.434 e. The summed E-state index contributed by atoms with van der Waals surface area (Å²) < 4.78 is 68.8. The Hall–Kier alpha value is -4.81. The van der Waals surface area contributed by atoms with Crippen molar-refractivity contribution in [3.05, 3.63) is 81.7 Å². The Kier molecular flexibility index (Phi) is 6.63. The van der Waals surface area contributed by atoms with Crippen molar-refractivity contribution in [2.24, 2.45) is 0 Å². The lowest BCUT2D eigenvalue weighted by Crippen LogP contribution is -2.14. The van der Waals surface area contributed by atoms with Gasteiger partial charge in [0.2, 0.25) is 5.88 Å². The number of alkyl halides is 3. The van der Waals surface area contributed by atoms with Crippen LogP contribution in [0.2, 0.25) is 0 Å². The number of methoxy groups -OCH3 is 2. The zero-order chi connectivity index (χ0) is 30.7. The monoisotopic (exact) mass is 606 g/mol. The molecule has 2 fully saturated rings. The quantitative estimate of drug-likeness (QED) is 0.209. The number of benzene rings is 1. The summed E-state index contributed by atoms with van der Waals surface area (Å²) in [5.74, 6) is 0.164. The highest BCUT2D eigenvalue weighted by Gasteiger charge is 2.38. The molecule has 9 nitrogen and oxygen atoms in total. The van der Waals surface area contributed by atoms with Crippen molar-refractivity contribution >= 4 is 10.9 Å². The third-order valence-corrected chi connectivity index (χ3v) is 8.01. The van der Waals surface area contributed by atoms with Crippen LogP contribution in [0.15, 0.2) is 47.8 Å². The van der Waals surface area contributed by atoms with Crippen LogP contribution in [0.25, 0.3) is 33.5 Å². The molecule has 1 aromatic carbocycles. The maximum atomic E-state index is 15.9. The van der Waals surface area contributed by atoms with Crippen molar-refractivity contribution in [1.82, 2.24) is 29.5 Å². The fourth-order valence-electron chi connectivity index (χ4n) is 5.53. The van der Waals surface area contributed by atoms with Crippen molar-refractivity contribution in [2.45, 2.75) is 50.2 Å². The predicted molar refractivity (Wildman–Crippen MR) is 152 cm³/mol. The van der Waals surface area contributed by atoms with E-state index in [2.05, 4.69) is 24.9 Å². The number of nitrogens with one attached hydrogen (secondary N) is 1. The molecule has 0 radical (unpaired) electrons. The molecule has 0 bridgehead atoms. The topological polar surface area (TPSA) is 108 Å². The second kappa shape index (κ2) is 10.4. The van der Waals surface area contributed by atoms with E-state index in [9.17, 15) is 18.0 Å². The molecular weight excluding hydrogens is 580 g/mol. The number of fused-ring (bicyclic) bond motifs is 1. The molecule has 1 N–H and O–H groups in total. The van der Waals surface area contributed by atoms with Gasteiger partial charge >= 0.3 is 6.18 Å². The van der Waals surface area contributed by atoms with Gasteiger partial charge in [-0.25, -0.2) is 19.3 Å². The normalized spacial score (nSPS) is 15.1. The van der Waals surface area contributed by atoms with Gasteiger partial charge in [0.25, 0.3) is 5.56 Å². The van der Waals surface area contributed by atoms with Crippen LogP contribution in [0.5, 0.6) is 11.6 Å². The average Bonchev–Trinajstić information content (AvgIpc) is 3.95. The summed E-state index contributed by atoms with van der Waals surface area (Å²) in [6, 6.07) is 6.56. The molecule has 2 aliphatic carbocycles. The zero-order valence-corrected chi connectivity index (χ0v) is 23.7. The molecule has 4 aromatic heterocycles. The summed E-state index contributed by atoms with van der Waals surface area (Å²) in [6.07, 6.45) is 2.88. The molecule has 4 heterocycles. The van der Waals surface area contributed by atoms with Crippen LogP contribution in [0.4, 0.5) is 17.6 Å². The van der Waals surface area contributed by atoms with E-state index in [0.717, 1.165) is 31.9 Å². The highest BCUT2D eigenvalue weighted by Crippen LogP contribution is 2.46. The van der Waals surface area contributed by atoms with Crippen LogP contribution in [0.3, 0.4) is 0 Å². The van der Waals surface area contributed by atoms with E-state index >= 15 is 4.39 Å². The van der Waals surface area contributed by atoms with E-state index in [-0.39, 0.29) is 41.3 Å². The average molecular weight is 607 g/mol. The van der Waals surface area contributed by atoms with Gasteiger partial charge < -0.3 is 19.0 Å². The minimum Gasteiger partial charge on any atom is -0.496 e. The summed E-state index contributed by atoms with van der Waals surface area (Å²) in [7, 11) is 2.87. The standard InChI is InChI=1S/C31H26F4N6O3/c1-43-21-10-15(3-8-20(21)28-39-22(31(33,34)35)13-41(28)19-6-7-19)9-17-11-18-12-36-27(24(32)26(18)40-29(17)42)23-25(16-4-5-16)37-14-38-30(23)44-2/h3,8,10-14,16,19H,4-7,9H2,1-2H3,(H,40,42). The number of H-pyrrole nitrogens is 1. The molecule has 2 saturated carbocycles. The van der Waals surface area contributed by atoms with Gasteiger partial charge in [-0.1, -0.05) is 6.07 Å². The van der Waals surface area contributed by atoms with E-state index < -0.39 is 23.2 Å². The number of hydrogen-bond donors (Lipinski definition) is 1. The summed E-state index contributed by atoms with van der Waals surface area (Å²) in [4.78, 5) is 32.6. The van der Waals surface area contributed by atoms with Gasteiger partial charge in [0.15, 0.2) is 11.5 Å². The summed E-state index contributed by atoms with van der Waals surface area (Å²) in [5, 5.41) is 0.388. The number of nitrogens with zero attached hydrogens (tertiary/aromatic N) is 5. The van der Waals surface area contributed by atoms with Crippen molar-refractivity contribution in [3.63, 3.8) is 0 Å². The highest BCUT2D eigenvalue weighted by molar-refractivity contribution is 5.84. The minimum atomic E-state index is -4.57. The van der Waals surface area contributed by atoms with E-state index in [0.29, 0.717) is 39.1 Å². The first kappa shape index (κ1) is 28.0. The molecule has 0 atom stereocenters. The number of halogens is 4. The van der Waals surface area contributed by atoms with Crippen LogP contribution >= 0.6 is 0 Å². The third kappa shape index (κ3) is 4.95. The van der Waals surface area contributed by atoms with Gasteiger partial charge in [-0.2, -0.15) is 13.2 Å². The number of hydrogen-bond acceptors (Lipinski definition) is 7. The molecule has 44 heavy (non-hydrogen) atoms. The molecule has 0 spiro atoms.